The molecule has 4 rings (SSSR count). The third kappa shape index (κ3) is 4.79. The summed E-state index contributed by atoms with van der Waals surface area (Å²) in [6.45, 7) is 0.540. The van der Waals surface area contributed by atoms with E-state index in [1.54, 1.807) is 16.9 Å². The molecule has 0 radical (unpaired) electrons. The number of halogens is 1. The fourth-order valence-corrected chi connectivity index (χ4v) is 3.27. The van der Waals surface area contributed by atoms with Crippen LogP contribution in [0.15, 0.2) is 96.7 Å². The molecule has 1 amide bonds. The van der Waals surface area contributed by atoms with Gasteiger partial charge in [-0.2, -0.15) is 10.4 Å². The van der Waals surface area contributed by atoms with Gasteiger partial charge in [-0.05, 0) is 23.8 Å². The van der Waals surface area contributed by atoms with Gasteiger partial charge in [0, 0.05) is 17.3 Å². The van der Waals surface area contributed by atoms with E-state index < -0.39 is 11.7 Å². The highest BCUT2D eigenvalue weighted by atomic mass is 19.1. The molecule has 0 spiro atoms. The molecule has 6 heteroatoms. The predicted octanol–water partition coefficient (Wildman–Crippen LogP) is 5.28. The Labute approximate surface area is 185 Å². The number of hydrogen-bond acceptors (Lipinski definition) is 3. The number of aromatic nitrogens is 2. The number of carbonyl (C=O) groups is 1. The highest BCUT2D eigenvalue weighted by Gasteiger charge is 2.16. The van der Waals surface area contributed by atoms with Crippen LogP contribution in [0.1, 0.15) is 11.1 Å². The van der Waals surface area contributed by atoms with E-state index in [1.807, 2.05) is 66.7 Å². The summed E-state index contributed by atoms with van der Waals surface area (Å²) < 4.78 is 15.7. The van der Waals surface area contributed by atoms with Crippen molar-refractivity contribution >= 4 is 17.7 Å². The number of anilines is 1. The Bertz CT molecular complexity index is 1300. The van der Waals surface area contributed by atoms with Crippen molar-refractivity contribution in [2.24, 2.45) is 0 Å². The summed E-state index contributed by atoms with van der Waals surface area (Å²) in [7, 11) is 0. The average molecular weight is 422 g/mol. The fourth-order valence-electron chi connectivity index (χ4n) is 3.27. The number of carbonyl (C=O) groups excluding carboxylic acids is 1. The second kappa shape index (κ2) is 9.54. The van der Waals surface area contributed by atoms with Crippen molar-refractivity contribution in [1.29, 1.82) is 5.26 Å². The van der Waals surface area contributed by atoms with E-state index in [2.05, 4.69) is 5.32 Å². The third-order valence-corrected chi connectivity index (χ3v) is 4.81. The van der Waals surface area contributed by atoms with Gasteiger partial charge < -0.3 is 5.32 Å². The quantitative estimate of drug-likeness (QED) is 0.339. The zero-order valence-corrected chi connectivity index (χ0v) is 17.1. The van der Waals surface area contributed by atoms with Gasteiger partial charge in [0.15, 0.2) is 0 Å². The van der Waals surface area contributed by atoms with Crippen LogP contribution < -0.4 is 5.32 Å². The van der Waals surface area contributed by atoms with E-state index >= 15 is 0 Å². The second-order valence-corrected chi connectivity index (χ2v) is 7.09. The van der Waals surface area contributed by atoms with Crippen molar-refractivity contribution in [1.82, 2.24) is 9.78 Å². The SMILES string of the molecule is N#C/C(=C\c1cn(Cc2ccccc2)nc1-c1ccccc1)C(=O)Nc1ccccc1F. The molecule has 1 heterocycles. The molecule has 1 aromatic heterocycles. The molecule has 5 nitrogen and oxygen atoms in total. The zero-order chi connectivity index (χ0) is 22.3. The van der Waals surface area contributed by atoms with Crippen molar-refractivity contribution in [2.45, 2.75) is 6.54 Å². The minimum atomic E-state index is -0.688. The lowest BCUT2D eigenvalue weighted by molar-refractivity contribution is -0.112. The molecule has 0 saturated carbocycles. The fraction of sp³-hybridized carbons (Fsp3) is 0.0385. The monoisotopic (exact) mass is 422 g/mol. The average Bonchev–Trinajstić information content (AvgIpc) is 3.22. The van der Waals surface area contributed by atoms with Crippen molar-refractivity contribution < 1.29 is 9.18 Å². The summed E-state index contributed by atoms with van der Waals surface area (Å²) in [6, 6.07) is 27.1. The molecule has 4 aromatic rings. The highest BCUT2D eigenvalue weighted by molar-refractivity contribution is 6.10. The Hall–Kier alpha value is -4.50. The molecule has 0 aliphatic heterocycles. The van der Waals surface area contributed by atoms with Gasteiger partial charge in [-0.1, -0.05) is 72.8 Å². The van der Waals surface area contributed by atoms with Crippen LogP contribution in [0.25, 0.3) is 17.3 Å². The molecule has 0 aliphatic carbocycles. The Balaban J connectivity index is 1.70. The largest absolute Gasteiger partial charge is 0.319 e. The summed E-state index contributed by atoms with van der Waals surface area (Å²) >= 11 is 0. The first kappa shape index (κ1) is 20.8. The van der Waals surface area contributed by atoms with Crippen molar-refractivity contribution in [3.8, 4) is 17.3 Å². The zero-order valence-electron chi connectivity index (χ0n) is 17.1. The lowest BCUT2D eigenvalue weighted by Gasteiger charge is -2.05. The Kier molecular flexibility index (Phi) is 6.19. The lowest BCUT2D eigenvalue weighted by Crippen LogP contribution is -2.14. The number of rotatable bonds is 6. The van der Waals surface area contributed by atoms with Crippen molar-refractivity contribution in [3.05, 3.63) is 114 Å². The molecule has 1 N–H and O–H groups in total. The number of hydrogen-bond donors (Lipinski definition) is 1. The summed E-state index contributed by atoms with van der Waals surface area (Å²) in [6.07, 6.45) is 3.27. The van der Waals surface area contributed by atoms with Crippen LogP contribution in [0, 0.1) is 17.1 Å². The molecule has 0 aliphatic rings. The van der Waals surface area contributed by atoms with E-state index in [-0.39, 0.29) is 11.3 Å². The molecule has 0 atom stereocenters. The molecule has 0 unspecified atom stereocenters. The maximum Gasteiger partial charge on any atom is 0.266 e. The first-order valence-corrected chi connectivity index (χ1v) is 9.98. The van der Waals surface area contributed by atoms with E-state index in [1.165, 1.54) is 24.3 Å². The first-order valence-electron chi connectivity index (χ1n) is 9.98. The van der Waals surface area contributed by atoms with Gasteiger partial charge >= 0.3 is 0 Å². The molecule has 32 heavy (non-hydrogen) atoms. The van der Waals surface area contributed by atoms with Gasteiger partial charge in [-0.3, -0.25) is 9.48 Å². The van der Waals surface area contributed by atoms with Gasteiger partial charge in [0.05, 0.1) is 17.9 Å². The van der Waals surface area contributed by atoms with Gasteiger partial charge in [-0.15, -0.1) is 0 Å². The number of benzene rings is 3. The lowest BCUT2D eigenvalue weighted by atomic mass is 10.1. The summed E-state index contributed by atoms with van der Waals surface area (Å²) in [4.78, 5) is 12.7. The minimum Gasteiger partial charge on any atom is -0.319 e. The summed E-state index contributed by atoms with van der Waals surface area (Å²) in [5, 5.41) is 16.8. The standard InChI is InChI=1S/C26H19FN4O/c27-23-13-7-8-14-24(23)29-26(32)21(16-28)15-22-18-31(17-19-9-3-1-4-10-19)30-25(22)20-11-5-2-6-12-20/h1-15,18H,17H2,(H,29,32)/b21-15+. The van der Waals surface area contributed by atoms with E-state index in [0.29, 0.717) is 17.8 Å². The molecule has 3 aromatic carbocycles. The van der Waals surface area contributed by atoms with Crippen LogP contribution in [0.3, 0.4) is 0 Å². The molecule has 0 fully saturated rings. The number of nitrogens with zero attached hydrogens (tertiary/aromatic N) is 3. The molecule has 0 saturated heterocycles. The Morgan fingerprint density at radius 1 is 1.00 bits per heavy atom. The molecular formula is C26H19FN4O. The first-order chi connectivity index (χ1) is 15.6. The number of para-hydroxylation sites is 1. The highest BCUT2D eigenvalue weighted by Crippen LogP contribution is 2.25. The maximum atomic E-state index is 13.9. The number of nitrogens with one attached hydrogen (secondary N) is 1. The van der Waals surface area contributed by atoms with Crippen molar-refractivity contribution in [2.75, 3.05) is 5.32 Å². The van der Waals surface area contributed by atoms with Crippen LogP contribution in [-0.2, 0) is 11.3 Å². The smallest absolute Gasteiger partial charge is 0.266 e. The van der Waals surface area contributed by atoms with Crippen LogP contribution >= 0.6 is 0 Å². The van der Waals surface area contributed by atoms with Crippen LogP contribution in [0.2, 0.25) is 0 Å². The van der Waals surface area contributed by atoms with E-state index in [9.17, 15) is 14.4 Å². The number of amides is 1. The van der Waals surface area contributed by atoms with Crippen LogP contribution in [0.4, 0.5) is 10.1 Å². The summed E-state index contributed by atoms with van der Waals surface area (Å²) in [5.41, 5.74) is 3.06. The van der Waals surface area contributed by atoms with Crippen molar-refractivity contribution in [3.63, 3.8) is 0 Å². The predicted molar refractivity (Wildman–Crippen MR) is 122 cm³/mol. The molecular weight excluding hydrogens is 403 g/mol. The van der Waals surface area contributed by atoms with Gasteiger partial charge in [0.2, 0.25) is 0 Å². The van der Waals surface area contributed by atoms with Gasteiger partial charge in [0.25, 0.3) is 5.91 Å². The molecule has 0 bridgehead atoms. The van der Waals surface area contributed by atoms with Gasteiger partial charge in [-0.25, -0.2) is 4.39 Å². The number of nitriles is 1. The molecule has 156 valence electrons. The minimum absolute atomic E-state index is 0.0155. The topological polar surface area (TPSA) is 70.7 Å². The normalized spacial score (nSPS) is 11.1. The maximum absolute atomic E-state index is 13.9. The van der Waals surface area contributed by atoms with Crippen LogP contribution in [-0.4, -0.2) is 15.7 Å². The van der Waals surface area contributed by atoms with Crippen LogP contribution in [0.5, 0.6) is 0 Å². The third-order valence-electron chi connectivity index (χ3n) is 4.81. The van der Waals surface area contributed by atoms with E-state index in [4.69, 9.17) is 5.10 Å². The summed E-state index contributed by atoms with van der Waals surface area (Å²) in [5.74, 6) is -1.26. The van der Waals surface area contributed by atoms with E-state index in [0.717, 1.165) is 11.1 Å². The van der Waals surface area contributed by atoms with Gasteiger partial charge in [0.1, 0.15) is 17.5 Å². The Morgan fingerprint density at radius 2 is 1.66 bits per heavy atom. The second-order valence-electron chi connectivity index (χ2n) is 7.09. The Morgan fingerprint density at radius 3 is 2.34 bits per heavy atom.